The van der Waals surface area contributed by atoms with Crippen LogP contribution in [-0.2, 0) is 4.74 Å². The summed E-state index contributed by atoms with van der Waals surface area (Å²) >= 11 is 0. The Labute approximate surface area is 73.1 Å². The quantitative estimate of drug-likeness (QED) is 0.595. The van der Waals surface area contributed by atoms with Crippen LogP contribution in [0.2, 0.25) is 0 Å². The molecule has 2 rings (SSSR count). The zero-order valence-electron chi connectivity index (χ0n) is 7.38. The van der Waals surface area contributed by atoms with Crippen molar-refractivity contribution in [2.24, 2.45) is 0 Å². The number of hydrogen-bond acceptors (Lipinski definition) is 3. The SMILES string of the molecule is OCC1COC2(CCCC2)CN1. The van der Waals surface area contributed by atoms with Gasteiger partial charge in [-0.15, -0.1) is 0 Å². The van der Waals surface area contributed by atoms with Crippen molar-refractivity contribution >= 4 is 0 Å². The number of aliphatic hydroxyl groups is 1. The molecule has 1 spiro atoms. The van der Waals surface area contributed by atoms with Gasteiger partial charge in [-0.05, 0) is 12.8 Å². The molecule has 1 atom stereocenters. The van der Waals surface area contributed by atoms with Gasteiger partial charge in [0.1, 0.15) is 0 Å². The smallest absolute Gasteiger partial charge is 0.0807 e. The van der Waals surface area contributed by atoms with Crippen molar-refractivity contribution in [3.8, 4) is 0 Å². The Morgan fingerprint density at radius 2 is 2.17 bits per heavy atom. The topological polar surface area (TPSA) is 41.5 Å². The summed E-state index contributed by atoms with van der Waals surface area (Å²) in [5.41, 5.74) is 0.131. The van der Waals surface area contributed by atoms with Gasteiger partial charge in [-0.2, -0.15) is 0 Å². The summed E-state index contributed by atoms with van der Waals surface area (Å²) in [6.45, 7) is 1.80. The number of rotatable bonds is 1. The summed E-state index contributed by atoms with van der Waals surface area (Å²) in [5.74, 6) is 0. The van der Waals surface area contributed by atoms with Crippen molar-refractivity contribution in [2.45, 2.75) is 37.3 Å². The van der Waals surface area contributed by atoms with Crippen LogP contribution in [0.3, 0.4) is 0 Å². The van der Waals surface area contributed by atoms with Gasteiger partial charge in [-0.3, -0.25) is 0 Å². The van der Waals surface area contributed by atoms with E-state index in [1.807, 2.05) is 0 Å². The normalized spacial score (nSPS) is 34.2. The van der Waals surface area contributed by atoms with Crippen molar-refractivity contribution in [1.82, 2.24) is 5.32 Å². The molecule has 2 aliphatic rings. The summed E-state index contributed by atoms with van der Waals surface area (Å²) in [5, 5.41) is 12.2. The van der Waals surface area contributed by atoms with E-state index >= 15 is 0 Å². The molecule has 3 nitrogen and oxygen atoms in total. The van der Waals surface area contributed by atoms with Crippen LogP contribution in [-0.4, -0.2) is 36.5 Å². The number of hydrogen-bond donors (Lipinski definition) is 2. The van der Waals surface area contributed by atoms with Gasteiger partial charge in [-0.25, -0.2) is 0 Å². The Morgan fingerprint density at radius 3 is 2.67 bits per heavy atom. The van der Waals surface area contributed by atoms with E-state index in [-0.39, 0.29) is 18.2 Å². The molecule has 1 unspecified atom stereocenters. The summed E-state index contributed by atoms with van der Waals surface area (Å²) in [4.78, 5) is 0. The zero-order chi connectivity index (χ0) is 8.44. The first kappa shape index (κ1) is 8.48. The molecule has 1 saturated carbocycles. The molecule has 0 aromatic heterocycles. The summed E-state index contributed by atoms with van der Waals surface area (Å²) in [7, 11) is 0. The Balaban J connectivity index is 1.88. The fourth-order valence-electron chi connectivity index (χ4n) is 2.18. The van der Waals surface area contributed by atoms with Crippen molar-refractivity contribution in [3.05, 3.63) is 0 Å². The zero-order valence-corrected chi connectivity index (χ0v) is 7.38. The molecule has 2 N–H and O–H groups in total. The second-order valence-electron chi connectivity index (χ2n) is 3.96. The largest absolute Gasteiger partial charge is 0.395 e. The first-order valence-corrected chi connectivity index (χ1v) is 4.83. The van der Waals surface area contributed by atoms with Gasteiger partial charge in [0.25, 0.3) is 0 Å². The molecule has 1 aliphatic carbocycles. The molecular formula is C9H17NO2. The van der Waals surface area contributed by atoms with Crippen molar-refractivity contribution in [2.75, 3.05) is 19.8 Å². The molecule has 0 bridgehead atoms. The number of ether oxygens (including phenoxy) is 1. The van der Waals surface area contributed by atoms with E-state index in [0.717, 1.165) is 6.54 Å². The highest BCUT2D eigenvalue weighted by Crippen LogP contribution is 2.34. The molecule has 70 valence electrons. The number of nitrogens with one attached hydrogen (secondary N) is 1. The van der Waals surface area contributed by atoms with Crippen LogP contribution in [0.25, 0.3) is 0 Å². The predicted octanol–water partition coefficient (Wildman–Crippen LogP) is 0.280. The second-order valence-corrected chi connectivity index (χ2v) is 3.96. The van der Waals surface area contributed by atoms with E-state index in [4.69, 9.17) is 9.84 Å². The maximum Gasteiger partial charge on any atom is 0.0807 e. The van der Waals surface area contributed by atoms with Crippen LogP contribution >= 0.6 is 0 Å². The minimum Gasteiger partial charge on any atom is -0.395 e. The average Bonchev–Trinajstić information content (AvgIpc) is 2.55. The minimum atomic E-state index is 0.131. The Kier molecular flexibility index (Phi) is 2.35. The maximum atomic E-state index is 8.88. The van der Waals surface area contributed by atoms with Gasteiger partial charge in [-0.1, -0.05) is 12.8 Å². The maximum absolute atomic E-state index is 8.88. The lowest BCUT2D eigenvalue weighted by Gasteiger charge is -2.37. The first-order chi connectivity index (χ1) is 5.85. The Hall–Kier alpha value is -0.120. The molecule has 1 saturated heterocycles. The Bertz CT molecular complexity index is 145. The molecule has 0 amide bonds. The first-order valence-electron chi connectivity index (χ1n) is 4.83. The van der Waals surface area contributed by atoms with Crippen molar-refractivity contribution < 1.29 is 9.84 Å². The van der Waals surface area contributed by atoms with E-state index < -0.39 is 0 Å². The van der Waals surface area contributed by atoms with Gasteiger partial charge in [0.05, 0.1) is 24.9 Å². The van der Waals surface area contributed by atoms with Crippen LogP contribution in [0.4, 0.5) is 0 Å². The number of morpholine rings is 1. The molecule has 0 aromatic carbocycles. The van der Waals surface area contributed by atoms with Gasteiger partial charge < -0.3 is 15.2 Å². The molecule has 0 aromatic rings. The lowest BCUT2D eigenvalue weighted by molar-refractivity contribution is -0.0845. The van der Waals surface area contributed by atoms with E-state index in [1.165, 1.54) is 25.7 Å². The van der Waals surface area contributed by atoms with E-state index in [9.17, 15) is 0 Å². The predicted molar refractivity (Wildman–Crippen MR) is 46.0 cm³/mol. The van der Waals surface area contributed by atoms with E-state index in [2.05, 4.69) is 5.32 Å². The molecule has 0 radical (unpaired) electrons. The third-order valence-corrected chi connectivity index (χ3v) is 3.04. The van der Waals surface area contributed by atoms with Crippen LogP contribution in [0, 0.1) is 0 Å². The number of aliphatic hydroxyl groups excluding tert-OH is 1. The van der Waals surface area contributed by atoms with E-state index in [1.54, 1.807) is 0 Å². The van der Waals surface area contributed by atoms with Crippen LogP contribution in [0.15, 0.2) is 0 Å². The highest BCUT2D eigenvalue weighted by Gasteiger charge is 2.38. The Morgan fingerprint density at radius 1 is 1.42 bits per heavy atom. The van der Waals surface area contributed by atoms with Gasteiger partial charge in [0, 0.05) is 6.54 Å². The third-order valence-electron chi connectivity index (χ3n) is 3.04. The van der Waals surface area contributed by atoms with Crippen LogP contribution < -0.4 is 5.32 Å². The fraction of sp³-hybridized carbons (Fsp3) is 1.00. The lowest BCUT2D eigenvalue weighted by Crippen LogP contribution is -2.54. The van der Waals surface area contributed by atoms with Crippen molar-refractivity contribution in [1.29, 1.82) is 0 Å². The second kappa shape index (κ2) is 3.32. The van der Waals surface area contributed by atoms with Gasteiger partial charge >= 0.3 is 0 Å². The van der Waals surface area contributed by atoms with Crippen molar-refractivity contribution in [3.63, 3.8) is 0 Å². The average molecular weight is 171 g/mol. The van der Waals surface area contributed by atoms with Crippen LogP contribution in [0.1, 0.15) is 25.7 Å². The molecule has 2 fully saturated rings. The molecule has 1 aliphatic heterocycles. The molecule has 12 heavy (non-hydrogen) atoms. The van der Waals surface area contributed by atoms with E-state index in [0.29, 0.717) is 6.61 Å². The summed E-state index contributed by atoms with van der Waals surface area (Å²) in [6.07, 6.45) is 4.98. The summed E-state index contributed by atoms with van der Waals surface area (Å²) in [6, 6.07) is 0.163. The van der Waals surface area contributed by atoms with Crippen LogP contribution in [0.5, 0.6) is 0 Å². The highest BCUT2D eigenvalue weighted by molar-refractivity contribution is 4.92. The lowest BCUT2D eigenvalue weighted by atomic mass is 10.00. The minimum absolute atomic E-state index is 0.131. The summed E-state index contributed by atoms with van der Waals surface area (Å²) < 4.78 is 5.81. The molecule has 3 heteroatoms. The van der Waals surface area contributed by atoms with Gasteiger partial charge in [0.15, 0.2) is 0 Å². The van der Waals surface area contributed by atoms with Gasteiger partial charge in [0.2, 0.25) is 0 Å². The molecular weight excluding hydrogens is 154 g/mol. The monoisotopic (exact) mass is 171 g/mol. The fourth-order valence-corrected chi connectivity index (χ4v) is 2.18. The molecule has 1 heterocycles. The highest BCUT2D eigenvalue weighted by atomic mass is 16.5. The third kappa shape index (κ3) is 1.49. The standard InChI is InChI=1S/C9H17NO2/c11-5-8-6-12-9(7-10-8)3-1-2-4-9/h8,10-11H,1-7H2.